The van der Waals surface area contributed by atoms with Gasteiger partial charge in [-0.2, -0.15) is 13.2 Å². The van der Waals surface area contributed by atoms with Gasteiger partial charge in [0.2, 0.25) is 0 Å². The van der Waals surface area contributed by atoms with Crippen molar-refractivity contribution in [3.63, 3.8) is 0 Å². The maximum Gasteiger partial charge on any atom is 0.419 e. The van der Waals surface area contributed by atoms with Gasteiger partial charge >= 0.3 is 6.18 Å². The third kappa shape index (κ3) is 2.98. The maximum atomic E-state index is 14.2. The van der Waals surface area contributed by atoms with E-state index < -0.39 is 35.4 Å². The summed E-state index contributed by atoms with van der Waals surface area (Å²) < 4.78 is 52.7. The first kappa shape index (κ1) is 18.4. The van der Waals surface area contributed by atoms with Crippen LogP contribution in [0.2, 0.25) is 0 Å². The fraction of sp³-hybridized carbons (Fsp3) is 0.312. The van der Waals surface area contributed by atoms with Crippen molar-refractivity contribution in [3.05, 3.63) is 45.7 Å². The molecule has 1 N–H and O–H groups in total. The third-order valence-corrected chi connectivity index (χ3v) is 4.97. The molecule has 2 aliphatic heterocycles. The monoisotopic (exact) mass is 387 g/mol. The zero-order valence-corrected chi connectivity index (χ0v) is 14.5. The third-order valence-electron chi connectivity index (χ3n) is 4.00. The number of hydrogen-bond acceptors (Lipinski definition) is 4. The number of rotatable bonds is 3. The van der Waals surface area contributed by atoms with E-state index in [1.165, 1.54) is 13.1 Å². The molecule has 0 aliphatic carbocycles. The van der Waals surface area contributed by atoms with Gasteiger partial charge in [-0.05, 0) is 18.6 Å². The highest BCUT2D eigenvalue weighted by Gasteiger charge is 2.44. The van der Waals surface area contributed by atoms with Crippen LogP contribution in [0.1, 0.15) is 18.1 Å². The molecule has 10 heteroatoms. The van der Waals surface area contributed by atoms with Crippen LogP contribution in [0.15, 0.2) is 33.8 Å². The van der Waals surface area contributed by atoms with Crippen LogP contribution in [0, 0.1) is 5.82 Å². The van der Waals surface area contributed by atoms with Crippen molar-refractivity contribution in [2.24, 2.45) is 4.99 Å². The maximum absolute atomic E-state index is 14.2. The minimum atomic E-state index is -4.83. The number of amidine groups is 1. The Bertz CT molecular complexity index is 864. The Labute approximate surface area is 150 Å². The summed E-state index contributed by atoms with van der Waals surface area (Å²) in [5.41, 5.74) is -1.51. The van der Waals surface area contributed by atoms with Gasteiger partial charge in [0, 0.05) is 18.4 Å². The van der Waals surface area contributed by atoms with E-state index in [9.17, 15) is 27.2 Å². The number of alkyl halides is 3. The molecular weight excluding hydrogens is 374 g/mol. The minimum absolute atomic E-state index is 0.133. The Balaban J connectivity index is 1.87. The molecule has 0 saturated carbocycles. The van der Waals surface area contributed by atoms with E-state index in [2.05, 4.69) is 10.3 Å². The molecule has 0 fully saturated rings. The number of fused-ring (bicyclic) bond motifs is 1. The number of carbonyl (C=O) groups is 2. The van der Waals surface area contributed by atoms with Crippen molar-refractivity contribution in [3.8, 4) is 0 Å². The Morgan fingerprint density at radius 1 is 1.38 bits per heavy atom. The number of amides is 2. The second-order valence-corrected chi connectivity index (χ2v) is 6.85. The van der Waals surface area contributed by atoms with Gasteiger partial charge in [-0.25, -0.2) is 9.38 Å². The van der Waals surface area contributed by atoms with Crippen molar-refractivity contribution < 1.29 is 27.2 Å². The number of benzene rings is 1. The summed E-state index contributed by atoms with van der Waals surface area (Å²) >= 11 is 1.12. The average Bonchev–Trinajstić information content (AvgIpc) is 3.03. The van der Waals surface area contributed by atoms with Gasteiger partial charge in [-0.1, -0.05) is 23.9 Å². The molecule has 2 amide bonds. The molecule has 0 aromatic heterocycles. The van der Waals surface area contributed by atoms with Crippen molar-refractivity contribution in [1.82, 2.24) is 10.2 Å². The highest BCUT2D eigenvalue weighted by atomic mass is 32.2. The molecule has 0 radical (unpaired) electrons. The molecule has 0 spiro atoms. The zero-order chi connectivity index (χ0) is 19.2. The quantitative estimate of drug-likeness (QED) is 0.812. The normalized spacial score (nSPS) is 19.8. The SMILES string of the molecule is CNC(=O)C1=C(C)SC2=NC(Cc3cccc(C(F)(F)F)c3F)C(=O)N21. The summed E-state index contributed by atoms with van der Waals surface area (Å²) in [6.45, 7) is 1.66. The first-order valence-corrected chi connectivity index (χ1v) is 8.34. The Hall–Kier alpha value is -2.36. The lowest BCUT2D eigenvalue weighted by Crippen LogP contribution is -2.38. The number of halogens is 4. The van der Waals surface area contributed by atoms with Gasteiger partial charge in [0.25, 0.3) is 11.8 Å². The second kappa shape index (κ2) is 6.42. The number of aliphatic imine (C=N–C) groups is 1. The summed E-state index contributed by atoms with van der Waals surface area (Å²) in [6.07, 6.45) is -5.15. The Morgan fingerprint density at radius 2 is 2.08 bits per heavy atom. The molecule has 1 atom stereocenters. The van der Waals surface area contributed by atoms with E-state index in [-0.39, 0.29) is 22.8 Å². The van der Waals surface area contributed by atoms with Crippen molar-refractivity contribution in [2.45, 2.75) is 25.6 Å². The molecule has 2 heterocycles. The average molecular weight is 387 g/mol. The molecule has 0 saturated heterocycles. The highest BCUT2D eigenvalue weighted by Crippen LogP contribution is 2.39. The molecule has 1 aromatic rings. The van der Waals surface area contributed by atoms with E-state index in [1.54, 1.807) is 6.92 Å². The summed E-state index contributed by atoms with van der Waals surface area (Å²) in [5, 5.41) is 2.69. The van der Waals surface area contributed by atoms with Crippen LogP contribution in [0.4, 0.5) is 17.6 Å². The molecule has 5 nitrogen and oxygen atoms in total. The van der Waals surface area contributed by atoms with Crippen molar-refractivity contribution in [2.75, 3.05) is 7.05 Å². The predicted molar refractivity (Wildman–Crippen MR) is 87.5 cm³/mol. The molecular formula is C16H13F4N3O2S. The topological polar surface area (TPSA) is 61.8 Å². The van der Waals surface area contributed by atoms with E-state index in [4.69, 9.17) is 0 Å². The smallest absolute Gasteiger partial charge is 0.354 e. The fourth-order valence-electron chi connectivity index (χ4n) is 2.79. The summed E-state index contributed by atoms with van der Waals surface area (Å²) in [5.74, 6) is -2.45. The molecule has 138 valence electrons. The van der Waals surface area contributed by atoms with Crippen molar-refractivity contribution >= 4 is 28.7 Å². The molecule has 26 heavy (non-hydrogen) atoms. The number of hydrogen-bond donors (Lipinski definition) is 1. The van der Waals surface area contributed by atoms with Crippen LogP contribution in [-0.4, -0.2) is 35.0 Å². The molecule has 1 unspecified atom stereocenters. The number of allylic oxidation sites excluding steroid dienone is 1. The van der Waals surface area contributed by atoms with Gasteiger partial charge in [0.1, 0.15) is 17.6 Å². The number of likely N-dealkylation sites (N-methyl/N-ethyl adjacent to an activating group) is 1. The predicted octanol–water partition coefficient (Wildman–Crippen LogP) is 2.68. The van der Waals surface area contributed by atoms with Crippen LogP contribution < -0.4 is 5.32 Å². The van der Waals surface area contributed by atoms with Crippen LogP contribution in [0.5, 0.6) is 0 Å². The fourth-order valence-corrected chi connectivity index (χ4v) is 3.79. The zero-order valence-electron chi connectivity index (χ0n) is 13.6. The van der Waals surface area contributed by atoms with E-state index in [0.29, 0.717) is 11.0 Å². The first-order chi connectivity index (χ1) is 12.1. The number of nitrogens with zero attached hydrogens (tertiary/aromatic N) is 2. The van der Waals surface area contributed by atoms with E-state index in [0.717, 1.165) is 22.7 Å². The second-order valence-electron chi connectivity index (χ2n) is 5.67. The van der Waals surface area contributed by atoms with Crippen LogP contribution in [0.25, 0.3) is 0 Å². The standard InChI is InChI=1S/C16H13F4N3O2S/c1-7-12(13(24)21-2)23-14(25)10(22-15(23)26-7)6-8-4-3-5-9(11(8)17)16(18,19)20/h3-5,10H,6H2,1-2H3,(H,21,24). The van der Waals surface area contributed by atoms with Crippen LogP contribution >= 0.6 is 11.8 Å². The lowest BCUT2D eigenvalue weighted by Gasteiger charge is -2.16. The summed E-state index contributed by atoms with van der Waals surface area (Å²) in [6, 6.07) is 1.84. The molecule has 1 aromatic carbocycles. The van der Waals surface area contributed by atoms with Crippen LogP contribution in [0.3, 0.4) is 0 Å². The van der Waals surface area contributed by atoms with Gasteiger partial charge in [-0.15, -0.1) is 0 Å². The van der Waals surface area contributed by atoms with Crippen molar-refractivity contribution in [1.29, 1.82) is 0 Å². The van der Waals surface area contributed by atoms with E-state index >= 15 is 0 Å². The van der Waals surface area contributed by atoms with Gasteiger partial charge in [-0.3, -0.25) is 14.5 Å². The Kier molecular flexibility index (Phi) is 4.55. The minimum Gasteiger partial charge on any atom is -0.354 e. The van der Waals surface area contributed by atoms with E-state index in [1.807, 2.05) is 0 Å². The van der Waals surface area contributed by atoms with Gasteiger partial charge in [0.05, 0.1) is 5.56 Å². The number of carbonyl (C=O) groups excluding carboxylic acids is 2. The first-order valence-electron chi connectivity index (χ1n) is 7.52. The highest BCUT2D eigenvalue weighted by molar-refractivity contribution is 8.17. The molecule has 0 bridgehead atoms. The Morgan fingerprint density at radius 3 is 2.69 bits per heavy atom. The lowest BCUT2D eigenvalue weighted by molar-refractivity contribution is -0.140. The van der Waals surface area contributed by atoms with Crippen LogP contribution in [-0.2, 0) is 22.2 Å². The van der Waals surface area contributed by atoms with Gasteiger partial charge in [0.15, 0.2) is 5.17 Å². The number of nitrogens with one attached hydrogen (secondary N) is 1. The van der Waals surface area contributed by atoms with Gasteiger partial charge < -0.3 is 5.32 Å². The summed E-state index contributed by atoms with van der Waals surface area (Å²) in [7, 11) is 1.42. The largest absolute Gasteiger partial charge is 0.419 e. The number of thioether (sulfide) groups is 1. The molecule has 2 aliphatic rings. The molecule has 3 rings (SSSR count). The lowest BCUT2D eigenvalue weighted by atomic mass is 10.0. The summed E-state index contributed by atoms with van der Waals surface area (Å²) in [4.78, 5) is 30.5.